The van der Waals surface area contributed by atoms with Gasteiger partial charge in [0.25, 0.3) is 0 Å². The predicted molar refractivity (Wildman–Crippen MR) is 75.8 cm³/mol. The number of hydrogen-bond donors (Lipinski definition) is 1. The van der Waals surface area contributed by atoms with Crippen molar-refractivity contribution >= 4 is 11.7 Å². The highest BCUT2D eigenvalue weighted by atomic mass is 19.1. The number of hydrogen-bond acceptors (Lipinski definition) is 3. The summed E-state index contributed by atoms with van der Waals surface area (Å²) in [6, 6.07) is 10.6. The fourth-order valence-electron chi connectivity index (χ4n) is 1.93. The highest BCUT2D eigenvalue weighted by molar-refractivity contribution is 5.81. The van der Waals surface area contributed by atoms with Crippen molar-refractivity contribution in [2.75, 3.05) is 11.9 Å². The Morgan fingerprint density at radius 3 is 2.33 bits per heavy atom. The molecule has 5 heteroatoms. The van der Waals surface area contributed by atoms with Gasteiger partial charge in [0.2, 0.25) is 0 Å². The third-order valence-corrected chi connectivity index (χ3v) is 2.91. The standard InChI is InChI=1S/C16H15F2NO2/c1-2-21-16(20)15(11-7-3-4-8-12(11)17)19-14-10-6-5-9-13(14)18/h3-10,15,19H,2H2,1H3. The van der Waals surface area contributed by atoms with E-state index in [4.69, 9.17) is 4.74 Å². The third kappa shape index (κ3) is 3.56. The van der Waals surface area contributed by atoms with Gasteiger partial charge in [-0.15, -0.1) is 0 Å². The fourth-order valence-corrected chi connectivity index (χ4v) is 1.93. The molecule has 0 heterocycles. The van der Waals surface area contributed by atoms with E-state index in [0.29, 0.717) is 0 Å². The molecule has 0 aliphatic rings. The first-order chi connectivity index (χ1) is 10.1. The number of esters is 1. The summed E-state index contributed by atoms with van der Waals surface area (Å²) in [7, 11) is 0. The van der Waals surface area contributed by atoms with E-state index in [1.807, 2.05) is 0 Å². The summed E-state index contributed by atoms with van der Waals surface area (Å²) in [5, 5.41) is 2.70. The average molecular weight is 291 g/mol. The van der Waals surface area contributed by atoms with Crippen LogP contribution in [-0.2, 0) is 9.53 Å². The van der Waals surface area contributed by atoms with Crippen LogP contribution in [-0.4, -0.2) is 12.6 Å². The molecule has 3 nitrogen and oxygen atoms in total. The number of carbonyl (C=O) groups excluding carboxylic acids is 1. The summed E-state index contributed by atoms with van der Waals surface area (Å²) >= 11 is 0. The average Bonchev–Trinajstić information content (AvgIpc) is 2.48. The maximum absolute atomic E-state index is 13.9. The van der Waals surface area contributed by atoms with Crippen LogP contribution in [0, 0.1) is 11.6 Å². The molecule has 0 bridgehead atoms. The lowest BCUT2D eigenvalue weighted by molar-refractivity contribution is -0.144. The number of rotatable bonds is 5. The monoisotopic (exact) mass is 291 g/mol. The molecule has 1 N–H and O–H groups in total. The van der Waals surface area contributed by atoms with Gasteiger partial charge in [0.05, 0.1) is 12.3 Å². The maximum Gasteiger partial charge on any atom is 0.333 e. The topological polar surface area (TPSA) is 38.3 Å². The van der Waals surface area contributed by atoms with E-state index in [1.165, 1.54) is 36.4 Å². The second-order valence-corrected chi connectivity index (χ2v) is 4.33. The minimum Gasteiger partial charge on any atom is -0.464 e. The van der Waals surface area contributed by atoms with Crippen LogP contribution in [0.15, 0.2) is 48.5 Å². The molecule has 2 aromatic carbocycles. The van der Waals surface area contributed by atoms with Crippen LogP contribution in [0.5, 0.6) is 0 Å². The zero-order valence-electron chi connectivity index (χ0n) is 11.5. The number of benzene rings is 2. The maximum atomic E-state index is 13.9. The van der Waals surface area contributed by atoms with Crippen molar-refractivity contribution in [3.05, 3.63) is 65.7 Å². The van der Waals surface area contributed by atoms with Crippen LogP contribution in [0.25, 0.3) is 0 Å². The fraction of sp³-hybridized carbons (Fsp3) is 0.188. The van der Waals surface area contributed by atoms with E-state index in [1.54, 1.807) is 19.1 Å². The highest BCUT2D eigenvalue weighted by Crippen LogP contribution is 2.25. The Hall–Kier alpha value is -2.43. The van der Waals surface area contributed by atoms with Gasteiger partial charge in [-0.2, -0.15) is 0 Å². The second kappa shape index (κ2) is 6.83. The summed E-state index contributed by atoms with van der Waals surface area (Å²) in [6.07, 6.45) is 0. The van der Waals surface area contributed by atoms with Gasteiger partial charge >= 0.3 is 5.97 Å². The van der Waals surface area contributed by atoms with Gasteiger partial charge in [-0.25, -0.2) is 13.6 Å². The van der Waals surface area contributed by atoms with Gasteiger partial charge in [0.1, 0.15) is 11.6 Å². The number of para-hydroxylation sites is 1. The van der Waals surface area contributed by atoms with Crippen molar-refractivity contribution in [2.45, 2.75) is 13.0 Å². The molecule has 0 aliphatic heterocycles. The van der Waals surface area contributed by atoms with E-state index in [-0.39, 0.29) is 17.9 Å². The summed E-state index contributed by atoms with van der Waals surface area (Å²) < 4.78 is 32.5. The number of halogens is 2. The van der Waals surface area contributed by atoms with E-state index < -0.39 is 23.6 Å². The minimum atomic E-state index is -1.11. The first-order valence-corrected chi connectivity index (χ1v) is 6.55. The predicted octanol–water partition coefficient (Wildman–Crippen LogP) is 3.68. The van der Waals surface area contributed by atoms with Crippen LogP contribution in [0.1, 0.15) is 18.5 Å². The third-order valence-electron chi connectivity index (χ3n) is 2.91. The number of nitrogens with one attached hydrogen (secondary N) is 1. The van der Waals surface area contributed by atoms with Crippen molar-refractivity contribution in [3.8, 4) is 0 Å². The van der Waals surface area contributed by atoms with E-state index in [2.05, 4.69) is 5.32 Å². The van der Waals surface area contributed by atoms with Crippen LogP contribution in [0.4, 0.5) is 14.5 Å². The molecule has 0 radical (unpaired) electrons. The Morgan fingerprint density at radius 1 is 1.10 bits per heavy atom. The van der Waals surface area contributed by atoms with Crippen LogP contribution in [0.2, 0.25) is 0 Å². The summed E-state index contributed by atoms with van der Waals surface area (Å²) in [5.41, 5.74) is 0.220. The van der Waals surface area contributed by atoms with E-state index >= 15 is 0 Å². The summed E-state index contributed by atoms with van der Waals surface area (Å²) in [5.74, 6) is -1.74. The molecule has 2 aromatic rings. The van der Waals surface area contributed by atoms with Crippen LogP contribution < -0.4 is 5.32 Å². The lowest BCUT2D eigenvalue weighted by Gasteiger charge is -2.19. The highest BCUT2D eigenvalue weighted by Gasteiger charge is 2.25. The molecule has 0 aromatic heterocycles. The molecule has 2 rings (SSSR count). The Balaban J connectivity index is 2.36. The summed E-state index contributed by atoms with van der Waals surface area (Å²) in [6.45, 7) is 1.81. The van der Waals surface area contributed by atoms with Gasteiger partial charge in [0.15, 0.2) is 6.04 Å². The molecule has 1 unspecified atom stereocenters. The largest absolute Gasteiger partial charge is 0.464 e. The van der Waals surface area contributed by atoms with Crippen LogP contribution >= 0.6 is 0 Å². The first-order valence-electron chi connectivity index (χ1n) is 6.55. The molecule has 0 spiro atoms. The molecule has 0 amide bonds. The zero-order chi connectivity index (χ0) is 15.2. The molecule has 0 saturated heterocycles. The SMILES string of the molecule is CCOC(=O)C(Nc1ccccc1F)c1ccccc1F. The molecule has 1 atom stereocenters. The van der Waals surface area contributed by atoms with Gasteiger partial charge in [-0.05, 0) is 25.1 Å². The first kappa shape index (κ1) is 15.0. The van der Waals surface area contributed by atoms with Crippen molar-refractivity contribution in [2.24, 2.45) is 0 Å². The quantitative estimate of drug-likeness (QED) is 0.854. The van der Waals surface area contributed by atoms with Gasteiger partial charge in [-0.3, -0.25) is 0 Å². The van der Waals surface area contributed by atoms with Crippen molar-refractivity contribution in [1.29, 1.82) is 0 Å². The van der Waals surface area contributed by atoms with Crippen molar-refractivity contribution in [3.63, 3.8) is 0 Å². The molecule has 110 valence electrons. The number of anilines is 1. The Bertz CT molecular complexity index is 631. The molecular weight excluding hydrogens is 276 g/mol. The van der Waals surface area contributed by atoms with Crippen molar-refractivity contribution in [1.82, 2.24) is 0 Å². The Kier molecular flexibility index (Phi) is 4.87. The van der Waals surface area contributed by atoms with E-state index in [0.717, 1.165) is 0 Å². The van der Waals surface area contributed by atoms with Gasteiger partial charge in [-0.1, -0.05) is 30.3 Å². The smallest absolute Gasteiger partial charge is 0.333 e. The molecule has 0 aliphatic carbocycles. The molecular formula is C16H15F2NO2. The minimum absolute atomic E-state index is 0.110. The molecule has 0 saturated carbocycles. The lowest BCUT2D eigenvalue weighted by atomic mass is 10.1. The van der Waals surface area contributed by atoms with E-state index in [9.17, 15) is 13.6 Å². The second-order valence-electron chi connectivity index (χ2n) is 4.33. The van der Waals surface area contributed by atoms with Gasteiger partial charge < -0.3 is 10.1 Å². The zero-order valence-corrected chi connectivity index (χ0v) is 11.5. The van der Waals surface area contributed by atoms with Crippen LogP contribution in [0.3, 0.4) is 0 Å². The van der Waals surface area contributed by atoms with Gasteiger partial charge in [0, 0.05) is 5.56 Å². The summed E-state index contributed by atoms with van der Waals surface area (Å²) in [4.78, 5) is 12.0. The van der Waals surface area contributed by atoms with Crippen molar-refractivity contribution < 1.29 is 18.3 Å². The Labute approximate surface area is 121 Å². The molecule has 0 fully saturated rings. The Morgan fingerprint density at radius 2 is 1.71 bits per heavy atom. The number of carbonyl (C=O) groups is 1. The lowest BCUT2D eigenvalue weighted by Crippen LogP contribution is -2.24. The molecule has 21 heavy (non-hydrogen) atoms. The number of ether oxygens (including phenoxy) is 1. The normalized spacial score (nSPS) is 11.8.